The summed E-state index contributed by atoms with van der Waals surface area (Å²) in [6.45, 7) is 4.63. The molecule has 0 spiro atoms. The van der Waals surface area contributed by atoms with Crippen molar-refractivity contribution in [3.8, 4) is 33.4 Å². The number of anilines is 3. The second-order valence-electron chi connectivity index (χ2n) is 13.5. The maximum absolute atomic E-state index is 7.15. The number of rotatable bonds is 5. The smallest absolute Gasteiger partial charge is 0.0490 e. The maximum atomic E-state index is 7.15. The van der Waals surface area contributed by atoms with Gasteiger partial charge in [0.2, 0.25) is 0 Å². The normalized spacial score (nSPS) is 13.0. The molecule has 0 saturated carbocycles. The Morgan fingerprint density at radius 1 is 0.408 bits per heavy atom. The van der Waals surface area contributed by atoms with Gasteiger partial charge in [-0.3, -0.25) is 0 Å². The summed E-state index contributed by atoms with van der Waals surface area (Å²) in [5, 5.41) is 5.72. The molecule has 8 aromatic rings. The van der Waals surface area contributed by atoms with Crippen molar-refractivity contribution in [1.82, 2.24) is 0 Å². The lowest BCUT2D eigenvalue weighted by atomic mass is 9.81. The summed E-state index contributed by atoms with van der Waals surface area (Å²) < 4.78 is 0. The van der Waals surface area contributed by atoms with Crippen molar-refractivity contribution < 1.29 is 0 Å². The molecule has 0 aromatic heterocycles. The Bertz CT molecular complexity index is 2530. The van der Waals surface area contributed by atoms with Crippen LogP contribution in [0, 0.1) is 0 Å². The van der Waals surface area contributed by atoms with E-state index in [1.54, 1.807) is 0 Å². The molecular weight excluding hydrogens is 614 g/mol. The average molecular weight is 648 g/mol. The molecule has 1 aliphatic rings. The van der Waals surface area contributed by atoms with E-state index < -0.39 is 0 Å². The summed E-state index contributed by atoms with van der Waals surface area (Å²) in [5.74, 6) is 0. The third kappa shape index (κ3) is 4.93. The highest BCUT2D eigenvalue weighted by Crippen LogP contribution is 2.51. The Hall–Kier alpha value is -5.63. The van der Waals surface area contributed by atoms with Crippen LogP contribution in [0.4, 0.5) is 17.1 Å². The van der Waals surface area contributed by atoms with E-state index in [1.165, 1.54) is 54.9 Å². The fourth-order valence-electron chi connectivity index (χ4n) is 7.76. The Labute approximate surface area is 292 Å². The van der Waals surface area contributed by atoms with Gasteiger partial charge in [-0.05, 0) is 109 Å². The van der Waals surface area contributed by atoms with Crippen molar-refractivity contribution in [3.05, 3.63) is 186 Å². The monoisotopic (exact) mass is 647 g/mol. The first-order valence-electron chi connectivity index (χ1n) is 16.9. The van der Waals surface area contributed by atoms with E-state index in [-0.39, 0.29) is 5.41 Å². The summed E-state index contributed by atoms with van der Waals surface area (Å²) in [5.41, 5.74) is 12.9. The van der Waals surface area contributed by atoms with Crippen molar-refractivity contribution >= 4 is 50.2 Å². The van der Waals surface area contributed by atoms with Crippen molar-refractivity contribution in [2.45, 2.75) is 19.3 Å². The molecule has 0 radical (unpaired) electrons. The molecule has 2 heteroatoms. The summed E-state index contributed by atoms with van der Waals surface area (Å²) in [6.07, 6.45) is 0. The van der Waals surface area contributed by atoms with Crippen LogP contribution in [0.25, 0.3) is 54.9 Å². The lowest BCUT2D eigenvalue weighted by Gasteiger charge is -2.27. The largest absolute Gasteiger partial charge is 0.310 e. The van der Waals surface area contributed by atoms with Gasteiger partial charge in [-0.2, -0.15) is 0 Å². The molecule has 0 fully saturated rings. The fraction of sp³-hybridized carbons (Fsp3) is 0.0638. The van der Waals surface area contributed by atoms with E-state index in [2.05, 4.69) is 189 Å². The molecule has 1 nitrogen and oxygen atoms in total. The minimum Gasteiger partial charge on any atom is -0.310 e. The zero-order valence-electron chi connectivity index (χ0n) is 27.5. The molecule has 1 aliphatic carbocycles. The third-order valence-electron chi connectivity index (χ3n) is 10.3. The van der Waals surface area contributed by atoms with Gasteiger partial charge in [0.05, 0.1) is 0 Å². The van der Waals surface area contributed by atoms with Crippen LogP contribution in [-0.4, -0.2) is 0 Å². The van der Waals surface area contributed by atoms with Crippen LogP contribution in [0.1, 0.15) is 25.0 Å². The summed E-state index contributed by atoms with van der Waals surface area (Å²) in [6, 6.07) is 61.3. The van der Waals surface area contributed by atoms with E-state index in [0.29, 0.717) is 0 Å². The van der Waals surface area contributed by atoms with Gasteiger partial charge >= 0.3 is 0 Å². The predicted octanol–water partition coefficient (Wildman–Crippen LogP) is 13.8. The molecule has 9 rings (SSSR count). The van der Waals surface area contributed by atoms with Crippen LogP contribution < -0.4 is 4.90 Å². The maximum Gasteiger partial charge on any atom is 0.0490 e. The van der Waals surface area contributed by atoms with Crippen LogP contribution >= 0.6 is 11.6 Å². The van der Waals surface area contributed by atoms with Gasteiger partial charge in [-0.1, -0.05) is 147 Å². The topological polar surface area (TPSA) is 3.24 Å². The highest BCUT2D eigenvalue weighted by atomic mass is 35.5. The summed E-state index contributed by atoms with van der Waals surface area (Å²) in [4.78, 5) is 2.36. The second-order valence-corrected chi connectivity index (χ2v) is 13.9. The van der Waals surface area contributed by atoms with Crippen molar-refractivity contribution in [2.24, 2.45) is 0 Å². The van der Waals surface area contributed by atoms with Gasteiger partial charge in [0, 0.05) is 33.1 Å². The van der Waals surface area contributed by atoms with Crippen LogP contribution in [0.15, 0.2) is 170 Å². The van der Waals surface area contributed by atoms with Gasteiger partial charge in [-0.25, -0.2) is 0 Å². The lowest BCUT2D eigenvalue weighted by Crippen LogP contribution is -2.15. The van der Waals surface area contributed by atoms with Crippen molar-refractivity contribution in [2.75, 3.05) is 4.90 Å². The Kier molecular flexibility index (Phi) is 6.93. The number of hydrogen-bond acceptors (Lipinski definition) is 1. The number of hydrogen-bond donors (Lipinski definition) is 0. The van der Waals surface area contributed by atoms with Gasteiger partial charge in [-0.15, -0.1) is 0 Å². The molecular formula is C47H34ClN. The Balaban J connectivity index is 1.20. The third-order valence-corrected chi connectivity index (χ3v) is 10.6. The quantitative estimate of drug-likeness (QED) is 0.168. The molecule has 0 aliphatic heterocycles. The zero-order chi connectivity index (χ0) is 33.1. The highest BCUT2D eigenvalue weighted by molar-refractivity contribution is 6.33. The summed E-state index contributed by atoms with van der Waals surface area (Å²) >= 11 is 7.15. The Morgan fingerprint density at radius 2 is 1.04 bits per heavy atom. The van der Waals surface area contributed by atoms with E-state index in [9.17, 15) is 0 Å². The van der Waals surface area contributed by atoms with Gasteiger partial charge in [0.1, 0.15) is 0 Å². The number of benzene rings is 8. The molecule has 0 unspecified atom stereocenters. The van der Waals surface area contributed by atoms with Gasteiger partial charge in [0.15, 0.2) is 0 Å². The molecule has 8 aromatic carbocycles. The molecule has 0 saturated heterocycles. The standard InChI is InChI=1S/C47H34ClN/c1-47(2)44-18-9-8-17-40(44)43-30-46(48)42(29-45(43)47)35-14-10-15-37(27-35)49(36-24-21-32(22-25-36)31-11-4-3-5-12-31)38-26-23-34-20-19-33-13-6-7-16-39(33)41(34)28-38/h3-30H,1-2H3. The first-order valence-corrected chi connectivity index (χ1v) is 17.2. The predicted molar refractivity (Wildman–Crippen MR) is 210 cm³/mol. The number of nitrogens with zero attached hydrogens (tertiary/aromatic N) is 1. The van der Waals surface area contributed by atoms with E-state index in [4.69, 9.17) is 11.6 Å². The number of halogens is 1. The van der Waals surface area contributed by atoms with E-state index >= 15 is 0 Å². The summed E-state index contributed by atoms with van der Waals surface area (Å²) in [7, 11) is 0. The molecule has 0 N–H and O–H groups in total. The zero-order valence-corrected chi connectivity index (χ0v) is 28.2. The van der Waals surface area contributed by atoms with Crippen molar-refractivity contribution in [3.63, 3.8) is 0 Å². The van der Waals surface area contributed by atoms with Gasteiger partial charge in [0.25, 0.3) is 0 Å². The lowest BCUT2D eigenvalue weighted by molar-refractivity contribution is 0.660. The molecule has 0 amide bonds. The van der Waals surface area contributed by atoms with E-state index in [0.717, 1.165) is 33.2 Å². The molecule has 234 valence electrons. The van der Waals surface area contributed by atoms with Crippen LogP contribution in [-0.2, 0) is 5.41 Å². The molecule has 49 heavy (non-hydrogen) atoms. The van der Waals surface area contributed by atoms with Crippen molar-refractivity contribution in [1.29, 1.82) is 0 Å². The Morgan fingerprint density at radius 3 is 1.88 bits per heavy atom. The van der Waals surface area contributed by atoms with Crippen LogP contribution in [0.5, 0.6) is 0 Å². The van der Waals surface area contributed by atoms with Crippen LogP contribution in [0.2, 0.25) is 5.02 Å². The minimum absolute atomic E-state index is 0.108. The molecule has 0 bridgehead atoms. The van der Waals surface area contributed by atoms with Crippen LogP contribution in [0.3, 0.4) is 0 Å². The second kappa shape index (κ2) is 11.5. The first-order chi connectivity index (χ1) is 24.0. The fourth-order valence-corrected chi connectivity index (χ4v) is 8.04. The van der Waals surface area contributed by atoms with E-state index in [1.807, 2.05) is 0 Å². The van der Waals surface area contributed by atoms with Gasteiger partial charge < -0.3 is 4.90 Å². The molecule has 0 atom stereocenters. The minimum atomic E-state index is -0.108. The SMILES string of the molecule is CC1(C)c2ccccc2-c2cc(Cl)c(-c3cccc(N(c4ccc(-c5ccccc5)cc4)c4ccc5ccc6ccccc6c5c4)c3)cc21. The average Bonchev–Trinajstić information content (AvgIpc) is 3.37. The first kappa shape index (κ1) is 29.5. The molecule has 0 heterocycles. The highest BCUT2D eigenvalue weighted by Gasteiger charge is 2.36. The number of fused-ring (bicyclic) bond motifs is 6.